The van der Waals surface area contributed by atoms with Gasteiger partial charge < -0.3 is 13.0 Å². The highest BCUT2D eigenvalue weighted by Crippen LogP contribution is 2.27. The van der Waals surface area contributed by atoms with E-state index in [1.807, 2.05) is 0 Å². The van der Waals surface area contributed by atoms with Crippen LogP contribution in [0.3, 0.4) is 0 Å². The number of non-ortho nitro benzene ring substituents is 2. The van der Waals surface area contributed by atoms with E-state index in [2.05, 4.69) is 0 Å². The van der Waals surface area contributed by atoms with E-state index in [0.717, 1.165) is 0 Å². The topological polar surface area (TPSA) is 114 Å². The molecule has 0 aliphatic carbocycles. The normalized spacial score (nSPS) is 11.7. The fourth-order valence-corrected chi connectivity index (χ4v) is 8.98. The second kappa shape index (κ2) is 7.86. The third-order valence-electron chi connectivity index (χ3n) is 3.28. The predicted octanol–water partition coefficient (Wildman–Crippen LogP) is 4.38. The molecule has 0 bridgehead atoms. The SMILES string of the molecule is C[Si](C)(Oc1cccc([N+](=O)[O-])c1)O[Si](C)(C)Oc1cccc([N+](=O)[O-])c1. The average molecular weight is 409 g/mol. The van der Waals surface area contributed by atoms with Crippen LogP contribution < -0.4 is 8.85 Å². The molecule has 0 spiro atoms. The Hall–Kier alpha value is -2.77. The lowest BCUT2D eigenvalue weighted by Gasteiger charge is -2.32. The molecule has 0 amide bonds. The molecule has 0 unspecified atom stereocenters. The first-order valence-electron chi connectivity index (χ1n) is 8.04. The van der Waals surface area contributed by atoms with Crippen molar-refractivity contribution in [2.45, 2.75) is 26.2 Å². The van der Waals surface area contributed by atoms with Crippen molar-refractivity contribution in [1.82, 2.24) is 0 Å². The van der Waals surface area contributed by atoms with Gasteiger partial charge in [0.25, 0.3) is 11.4 Å². The second-order valence-electron chi connectivity index (χ2n) is 6.61. The van der Waals surface area contributed by atoms with Crippen LogP contribution in [-0.4, -0.2) is 27.0 Å². The van der Waals surface area contributed by atoms with Gasteiger partial charge >= 0.3 is 17.1 Å². The van der Waals surface area contributed by atoms with Crippen molar-refractivity contribution in [3.63, 3.8) is 0 Å². The molecule has 0 aromatic heterocycles. The van der Waals surface area contributed by atoms with Gasteiger partial charge in [-0.15, -0.1) is 0 Å². The van der Waals surface area contributed by atoms with Crippen LogP contribution in [0.1, 0.15) is 0 Å². The lowest BCUT2D eigenvalue weighted by molar-refractivity contribution is -0.385. The number of nitrogens with zero attached hydrogens (tertiary/aromatic N) is 2. The number of hydrogen-bond donors (Lipinski definition) is 0. The molecule has 0 saturated heterocycles. The number of rotatable bonds is 8. The molecule has 0 saturated carbocycles. The minimum Gasteiger partial charge on any atom is -0.521 e. The zero-order valence-electron chi connectivity index (χ0n) is 15.4. The summed E-state index contributed by atoms with van der Waals surface area (Å²) in [6, 6.07) is 11.8. The maximum absolute atomic E-state index is 10.9. The van der Waals surface area contributed by atoms with Gasteiger partial charge in [-0.3, -0.25) is 20.2 Å². The Morgan fingerprint density at radius 3 is 1.44 bits per heavy atom. The van der Waals surface area contributed by atoms with Crippen molar-refractivity contribution >= 4 is 28.5 Å². The number of hydrogen-bond acceptors (Lipinski definition) is 7. The third kappa shape index (κ3) is 6.16. The van der Waals surface area contributed by atoms with Crippen molar-refractivity contribution in [3.05, 3.63) is 68.8 Å². The van der Waals surface area contributed by atoms with Gasteiger partial charge in [0.15, 0.2) is 0 Å². The van der Waals surface area contributed by atoms with Crippen molar-refractivity contribution in [2.75, 3.05) is 0 Å². The van der Waals surface area contributed by atoms with Crippen LogP contribution in [0.5, 0.6) is 11.5 Å². The highest BCUT2D eigenvalue weighted by Gasteiger charge is 2.39. The first-order chi connectivity index (χ1) is 12.5. The lowest BCUT2D eigenvalue weighted by Crippen LogP contribution is -2.52. The van der Waals surface area contributed by atoms with Crippen LogP contribution in [0.15, 0.2) is 48.5 Å². The summed E-state index contributed by atoms with van der Waals surface area (Å²) in [4.78, 5) is 20.8. The van der Waals surface area contributed by atoms with E-state index < -0.39 is 27.0 Å². The Labute approximate surface area is 158 Å². The van der Waals surface area contributed by atoms with Crippen LogP contribution in [0.4, 0.5) is 11.4 Å². The van der Waals surface area contributed by atoms with Crippen LogP contribution in [-0.2, 0) is 4.12 Å². The summed E-state index contributed by atoms with van der Waals surface area (Å²) in [5, 5.41) is 21.8. The zero-order valence-corrected chi connectivity index (χ0v) is 17.4. The molecule has 2 aromatic carbocycles. The summed E-state index contributed by atoms with van der Waals surface area (Å²) in [7, 11) is -5.49. The Balaban J connectivity index is 2.10. The molecule has 0 atom stereocenters. The molecular formula is C16H20N2O7Si2. The minimum absolute atomic E-state index is 0.0679. The van der Waals surface area contributed by atoms with Gasteiger partial charge in [0.05, 0.1) is 22.0 Å². The Morgan fingerprint density at radius 2 is 1.11 bits per heavy atom. The van der Waals surface area contributed by atoms with Crippen molar-refractivity contribution in [1.29, 1.82) is 0 Å². The van der Waals surface area contributed by atoms with E-state index in [1.165, 1.54) is 24.3 Å². The summed E-state index contributed by atoms with van der Waals surface area (Å²) >= 11 is 0. The van der Waals surface area contributed by atoms with E-state index in [9.17, 15) is 20.2 Å². The monoisotopic (exact) mass is 408 g/mol. The lowest BCUT2D eigenvalue weighted by atomic mass is 10.3. The van der Waals surface area contributed by atoms with Crippen molar-refractivity contribution in [2.24, 2.45) is 0 Å². The fourth-order valence-electron chi connectivity index (χ4n) is 2.52. The molecule has 0 N–H and O–H groups in total. The third-order valence-corrected chi connectivity index (χ3v) is 8.66. The largest absolute Gasteiger partial charge is 0.521 e. The summed E-state index contributed by atoms with van der Waals surface area (Å²) < 4.78 is 17.9. The second-order valence-corrected chi connectivity index (χ2v) is 13.4. The summed E-state index contributed by atoms with van der Waals surface area (Å²) in [5.74, 6) is 0.696. The smallest absolute Gasteiger partial charge is 0.384 e. The first kappa shape index (κ1) is 20.5. The predicted molar refractivity (Wildman–Crippen MR) is 103 cm³/mol. The molecule has 0 radical (unpaired) electrons. The van der Waals surface area contributed by atoms with Crippen molar-refractivity contribution in [3.8, 4) is 11.5 Å². The van der Waals surface area contributed by atoms with Gasteiger partial charge in [-0.05, 0) is 38.3 Å². The molecule has 9 nitrogen and oxygen atoms in total. The van der Waals surface area contributed by atoms with Gasteiger partial charge in [0.2, 0.25) is 0 Å². The highest BCUT2D eigenvalue weighted by atomic mass is 28.5. The standard InChI is InChI=1S/C16H20N2O7Si2/c1-26(2,23-15-9-5-7-13(11-15)17(19)20)25-27(3,4)24-16-10-6-8-14(12-16)18(21)22/h5-12H,1-4H3. The van der Waals surface area contributed by atoms with Crippen molar-refractivity contribution < 1.29 is 22.8 Å². The Kier molecular flexibility index (Phi) is 5.98. The number of nitro groups is 2. The van der Waals surface area contributed by atoms with E-state index >= 15 is 0 Å². The van der Waals surface area contributed by atoms with Crippen LogP contribution in [0, 0.1) is 20.2 Å². The van der Waals surface area contributed by atoms with Gasteiger partial charge in [0, 0.05) is 12.1 Å². The van der Waals surface area contributed by atoms with Crippen LogP contribution in [0.2, 0.25) is 26.2 Å². The molecular weight excluding hydrogens is 388 g/mol. The van der Waals surface area contributed by atoms with E-state index in [4.69, 9.17) is 13.0 Å². The molecule has 2 rings (SSSR count). The molecule has 144 valence electrons. The molecule has 0 heterocycles. The fraction of sp³-hybridized carbons (Fsp3) is 0.250. The quantitative estimate of drug-likeness (QED) is 0.362. The molecule has 0 fully saturated rings. The van der Waals surface area contributed by atoms with Crippen LogP contribution >= 0.6 is 0 Å². The highest BCUT2D eigenvalue weighted by molar-refractivity contribution is 6.79. The van der Waals surface area contributed by atoms with Gasteiger partial charge in [0.1, 0.15) is 11.5 Å². The molecule has 11 heteroatoms. The van der Waals surface area contributed by atoms with Gasteiger partial charge in [-0.2, -0.15) is 0 Å². The Morgan fingerprint density at radius 1 is 0.741 bits per heavy atom. The van der Waals surface area contributed by atoms with E-state index in [0.29, 0.717) is 11.5 Å². The minimum atomic E-state index is -2.75. The average Bonchev–Trinajstić information content (AvgIpc) is 2.53. The molecule has 2 aromatic rings. The van der Waals surface area contributed by atoms with E-state index in [1.54, 1.807) is 50.5 Å². The first-order valence-corrected chi connectivity index (χ1v) is 13.7. The number of nitro benzene ring substituents is 2. The Bertz CT molecular complexity index is 789. The summed E-state index contributed by atoms with van der Waals surface area (Å²) in [6.45, 7) is 7.21. The zero-order chi connectivity index (χ0) is 20.2. The maximum atomic E-state index is 10.9. The van der Waals surface area contributed by atoms with Crippen LogP contribution in [0.25, 0.3) is 0 Å². The van der Waals surface area contributed by atoms with Gasteiger partial charge in [-0.1, -0.05) is 12.1 Å². The van der Waals surface area contributed by atoms with E-state index in [-0.39, 0.29) is 11.4 Å². The summed E-state index contributed by atoms with van der Waals surface area (Å²) in [6.07, 6.45) is 0. The molecule has 27 heavy (non-hydrogen) atoms. The number of benzene rings is 2. The molecule has 0 aliphatic rings. The maximum Gasteiger partial charge on any atom is 0.384 e. The molecule has 0 aliphatic heterocycles. The van der Waals surface area contributed by atoms with Gasteiger partial charge in [-0.25, -0.2) is 0 Å². The summed E-state index contributed by atoms with van der Waals surface area (Å²) in [5.41, 5.74) is -0.136.